The lowest BCUT2D eigenvalue weighted by atomic mass is 9.94. The second-order valence-corrected chi connectivity index (χ2v) is 11.3. The summed E-state index contributed by atoms with van der Waals surface area (Å²) in [6.07, 6.45) is 1.44. The first-order valence-corrected chi connectivity index (χ1v) is 14.0. The largest absolute Gasteiger partial charge is 0.490 e. The average Bonchev–Trinajstić information content (AvgIpc) is 2.89. The van der Waals surface area contributed by atoms with Crippen molar-refractivity contribution in [2.75, 3.05) is 35.8 Å². The van der Waals surface area contributed by atoms with Crippen molar-refractivity contribution in [3.05, 3.63) is 53.6 Å². The van der Waals surface area contributed by atoms with Gasteiger partial charge >= 0.3 is 18.1 Å². The SMILES string of the molecule is Cc1ccc(S(=O)(=O)Nc2ccc(N3CCN(C4CCCCC4)CC3)cc2C(=O)O)cc1.O=C(O)C(F)(F)F. The number of aromatic carboxylic acids is 1. The maximum Gasteiger partial charge on any atom is 0.490 e. The number of nitrogens with zero attached hydrogens (tertiary/aromatic N) is 2. The topological polar surface area (TPSA) is 127 Å². The third-order valence-corrected chi connectivity index (χ3v) is 8.20. The molecule has 2 aromatic carbocycles. The van der Waals surface area contributed by atoms with Crippen LogP contribution in [0.25, 0.3) is 0 Å². The maximum absolute atomic E-state index is 12.7. The summed E-state index contributed by atoms with van der Waals surface area (Å²) in [6, 6.07) is 12.1. The van der Waals surface area contributed by atoms with Gasteiger partial charge in [-0.3, -0.25) is 9.62 Å². The molecule has 13 heteroatoms. The number of anilines is 2. The fourth-order valence-electron chi connectivity index (χ4n) is 4.71. The van der Waals surface area contributed by atoms with Gasteiger partial charge in [-0.25, -0.2) is 18.0 Å². The third-order valence-electron chi connectivity index (χ3n) is 6.82. The summed E-state index contributed by atoms with van der Waals surface area (Å²) in [5.74, 6) is -3.92. The number of alkyl halides is 3. The van der Waals surface area contributed by atoms with Crippen molar-refractivity contribution in [3.63, 3.8) is 0 Å². The van der Waals surface area contributed by atoms with E-state index in [1.54, 1.807) is 30.3 Å². The number of rotatable bonds is 6. The Morgan fingerprint density at radius 2 is 1.49 bits per heavy atom. The van der Waals surface area contributed by atoms with E-state index in [0.717, 1.165) is 37.4 Å². The van der Waals surface area contributed by atoms with Crippen LogP contribution in [-0.2, 0) is 14.8 Å². The molecule has 214 valence electrons. The smallest absolute Gasteiger partial charge is 0.478 e. The Morgan fingerprint density at radius 1 is 0.923 bits per heavy atom. The monoisotopic (exact) mass is 571 g/mol. The van der Waals surface area contributed by atoms with Crippen LogP contribution in [0.2, 0.25) is 0 Å². The highest BCUT2D eigenvalue weighted by molar-refractivity contribution is 7.92. The van der Waals surface area contributed by atoms with Crippen LogP contribution in [0.1, 0.15) is 48.0 Å². The second-order valence-electron chi connectivity index (χ2n) is 9.57. The van der Waals surface area contributed by atoms with Gasteiger partial charge in [0, 0.05) is 37.9 Å². The Balaban J connectivity index is 0.000000532. The molecule has 0 aromatic heterocycles. The van der Waals surface area contributed by atoms with Crippen molar-refractivity contribution in [1.29, 1.82) is 0 Å². The third kappa shape index (κ3) is 8.33. The van der Waals surface area contributed by atoms with E-state index in [1.165, 1.54) is 44.2 Å². The van der Waals surface area contributed by atoms with Crippen LogP contribution in [0.15, 0.2) is 47.4 Å². The second kappa shape index (κ2) is 12.7. The number of benzene rings is 2. The van der Waals surface area contributed by atoms with Gasteiger partial charge in [0.05, 0.1) is 16.1 Å². The lowest BCUT2D eigenvalue weighted by Crippen LogP contribution is -2.50. The van der Waals surface area contributed by atoms with Crippen molar-refractivity contribution in [3.8, 4) is 0 Å². The van der Waals surface area contributed by atoms with Crippen LogP contribution in [0.3, 0.4) is 0 Å². The zero-order chi connectivity index (χ0) is 28.8. The normalized spacial score (nSPS) is 17.2. The average molecular weight is 572 g/mol. The van der Waals surface area contributed by atoms with Gasteiger partial charge in [0.25, 0.3) is 10.0 Å². The number of hydrogen-bond acceptors (Lipinski definition) is 6. The van der Waals surface area contributed by atoms with Crippen LogP contribution in [0.5, 0.6) is 0 Å². The fraction of sp³-hybridized carbons (Fsp3) is 0.462. The molecular formula is C26H32F3N3O6S. The number of piperazine rings is 1. The molecule has 2 aliphatic rings. The van der Waals surface area contributed by atoms with Gasteiger partial charge in [0.15, 0.2) is 0 Å². The van der Waals surface area contributed by atoms with Gasteiger partial charge in [-0.2, -0.15) is 13.2 Å². The predicted molar refractivity (Wildman–Crippen MR) is 140 cm³/mol. The van der Waals surface area contributed by atoms with E-state index in [9.17, 15) is 31.5 Å². The molecule has 1 saturated carbocycles. The van der Waals surface area contributed by atoms with Crippen molar-refractivity contribution < 1.29 is 41.4 Å². The number of carboxylic acid groups (broad SMARTS) is 2. The summed E-state index contributed by atoms with van der Waals surface area (Å²) in [4.78, 5) is 25.7. The quantitative estimate of drug-likeness (QED) is 0.460. The molecule has 0 bridgehead atoms. The van der Waals surface area contributed by atoms with Gasteiger partial charge < -0.3 is 15.1 Å². The maximum atomic E-state index is 12.7. The van der Waals surface area contributed by atoms with Crippen molar-refractivity contribution in [2.24, 2.45) is 0 Å². The molecule has 39 heavy (non-hydrogen) atoms. The summed E-state index contributed by atoms with van der Waals surface area (Å²) < 4.78 is 59.7. The molecule has 2 aromatic rings. The van der Waals surface area contributed by atoms with E-state index in [0.29, 0.717) is 6.04 Å². The summed E-state index contributed by atoms with van der Waals surface area (Å²) in [7, 11) is -3.88. The number of carboxylic acids is 2. The number of aryl methyl sites for hydroxylation is 1. The lowest BCUT2D eigenvalue weighted by molar-refractivity contribution is -0.192. The van der Waals surface area contributed by atoms with Crippen molar-refractivity contribution in [2.45, 2.75) is 56.1 Å². The van der Waals surface area contributed by atoms with Crippen molar-refractivity contribution in [1.82, 2.24) is 4.90 Å². The molecule has 4 rings (SSSR count). The van der Waals surface area contributed by atoms with Gasteiger partial charge in [-0.1, -0.05) is 37.0 Å². The minimum absolute atomic E-state index is 0.0482. The molecule has 1 aliphatic heterocycles. The first kappa shape index (κ1) is 30.2. The molecule has 1 aliphatic carbocycles. The Labute approximate surface area is 225 Å². The molecule has 9 nitrogen and oxygen atoms in total. The number of carbonyl (C=O) groups is 2. The van der Waals surface area contributed by atoms with Gasteiger partial charge in [0.2, 0.25) is 0 Å². The molecule has 0 amide bonds. The Bertz CT molecular complexity index is 1250. The molecule has 2 fully saturated rings. The molecule has 0 unspecified atom stereocenters. The standard InChI is InChI=1S/C24H31N3O4S.C2HF3O2/c1-18-7-10-21(11-8-18)32(30,31)25-23-12-9-20(17-22(23)24(28)29)27-15-13-26(14-16-27)19-5-3-2-4-6-19;3-2(4,5)1(6)7/h7-12,17,19,25H,2-6,13-16H2,1H3,(H,28,29);(H,6,7). The van der Waals surface area contributed by atoms with Crippen LogP contribution in [0.4, 0.5) is 24.5 Å². The zero-order valence-corrected chi connectivity index (χ0v) is 22.3. The summed E-state index contributed by atoms with van der Waals surface area (Å²) in [6.45, 7) is 5.48. The number of sulfonamides is 1. The number of aliphatic carboxylic acids is 1. The minimum Gasteiger partial charge on any atom is -0.478 e. The van der Waals surface area contributed by atoms with Crippen LogP contribution in [0, 0.1) is 6.92 Å². The molecule has 0 atom stereocenters. The van der Waals surface area contributed by atoms with Crippen LogP contribution in [-0.4, -0.2) is 73.9 Å². The van der Waals surface area contributed by atoms with E-state index in [4.69, 9.17) is 9.90 Å². The number of halogens is 3. The van der Waals surface area contributed by atoms with E-state index in [-0.39, 0.29) is 16.1 Å². The first-order valence-electron chi connectivity index (χ1n) is 12.5. The van der Waals surface area contributed by atoms with Crippen LogP contribution < -0.4 is 9.62 Å². The molecule has 0 spiro atoms. The van der Waals surface area contributed by atoms with E-state index < -0.39 is 28.1 Å². The van der Waals surface area contributed by atoms with Gasteiger partial charge in [-0.05, 0) is 50.1 Å². The summed E-state index contributed by atoms with van der Waals surface area (Å²) in [5, 5.41) is 16.9. The van der Waals surface area contributed by atoms with E-state index in [1.807, 2.05) is 6.92 Å². The Hall–Kier alpha value is -3.32. The van der Waals surface area contributed by atoms with Crippen LogP contribution >= 0.6 is 0 Å². The van der Waals surface area contributed by atoms with E-state index >= 15 is 0 Å². The van der Waals surface area contributed by atoms with Gasteiger partial charge in [-0.15, -0.1) is 0 Å². The number of nitrogens with one attached hydrogen (secondary N) is 1. The molecule has 1 heterocycles. The predicted octanol–water partition coefficient (Wildman–Crippen LogP) is 4.58. The highest BCUT2D eigenvalue weighted by Crippen LogP contribution is 2.28. The van der Waals surface area contributed by atoms with E-state index in [2.05, 4.69) is 14.5 Å². The van der Waals surface area contributed by atoms with Gasteiger partial charge in [0.1, 0.15) is 0 Å². The zero-order valence-electron chi connectivity index (χ0n) is 21.4. The Kier molecular flexibility index (Phi) is 9.83. The summed E-state index contributed by atoms with van der Waals surface area (Å²) in [5.41, 5.74) is 1.78. The lowest BCUT2D eigenvalue weighted by Gasteiger charge is -2.41. The number of hydrogen-bond donors (Lipinski definition) is 3. The highest BCUT2D eigenvalue weighted by Gasteiger charge is 2.38. The minimum atomic E-state index is -5.08. The molecule has 0 radical (unpaired) electrons. The van der Waals surface area contributed by atoms with Crippen molar-refractivity contribution >= 4 is 33.3 Å². The summed E-state index contributed by atoms with van der Waals surface area (Å²) >= 11 is 0. The highest BCUT2D eigenvalue weighted by atomic mass is 32.2. The fourth-order valence-corrected chi connectivity index (χ4v) is 5.79. The molecule has 1 saturated heterocycles. The first-order chi connectivity index (χ1) is 18.3. The molecular weight excluding hydrogens is 539 g/mol. The molecule has 3 N–H and O–H groups in total. The Morgan fingerprint density at radius 3 is 2.00 bits per heavy atom.